The molecule has 132 valence electrons. The van der Waals surface area contributed by atoms with E-state index < -0.39 is 5.60 Å². The first-order chi connectivity index (χ1) is 10.6. The van der Waals surface area contributed by atoms with Crippen molar-refractivity contribution in [3.8, 4) is 0 Å². The van der Waals surface area contributed by atoms with Gasteiger partial charge in [0.2, 0.25) is 0 Å². The zero-order chi connectivity index (χ0) is 16.8. The summed E-state index contributed by atoms with van der Waals surface area (Å²) in [6.07, 6.45) is 6.68. The molecule has 2 nitrogen and oxygen atoms in total. The minimum Gasteiger partial charge on any atom is -0.393 e. The summed E-state index contributed by atoms with van der Waals surface area (Å²) in [5, 5.41) is 22.2. The molecule has 0 aromatic carbocycles. The zero-order valence-corrected chi connectivity index (χ0v) is 16.6. The molecule has 9 atom stereocenters. The molecular formula is C20H33BrO2. The lowest BCUT2D eigenvalue weighted by molar-refractivity contribution is -0.191. The maximum Gasteiger partial charge on any atom is 0.0656 e. The normalized spacial score (nSPS) is 61.6. The van der Waals surface area contributed by atoms with E-state index in [0.29, 0.717) is 34.4 Å². The molecule has 0 aliphatic heterocycles. The molecule has 23 heavy (non-hydrogen) atoms. The fourth-order valence-corrected chi connectivity index (χ4v) is 8.80. The van der Waals surface area contributed by atoms with E-state index in [4.69, 9.17) is 0 Å². The Bertz CT molecular complexity index is 504. The molecule has 4 aliphatic carbocycles. The SMILES string of the molecule is CC(C)[C@@H]1[C@@H](O)[C@H]2C[C@H]3[C@H]4[C@](C)(CC[C@]13C2)[C@@H](Br)CC[C@@]4(C)O. The molecule has 0 radical (unpaired) electrons. The van der Waals surface area contributed by atoms with Gasteiger partial charge in [0, 0.05) is 4.83 Å². The van der Waals surface area contributed by atoms with Gasteiger partial charge in [0.1, 0.15) is 0 Å². The molecule has 4 fully saturated rings. The first kappa shape index (κ1) is 16.8. The molecule has 1 spiro atoms. The van der Waals surface area contributed by atoms with Crippen LogP contribution < -0.4 is 0 Å². The maximum absolute atomic E-state index is 11.3. The van der Waals surface area contributed by atoms with Crippen LogP contribution in [0.15, 0.2) is 0 Å². The minimum atomic E-state index is -0.548. The average molecular weight is 385 g/mol. The predicted molar refractivity (Wildman–Crippen MR) is 96.4 cm³/mol. The Hall–Kier alpha value is 0.400. The van der Waals surface area contributed by atoms with Gasteiger partial charge in [0.25, 0.3) is 0 Å². The number of hydrogen-bond donors (Lipinski definition) is 2. The van der Waals surface area contributed by atoms with Crippen LogP contribution in [0.3, 0.4) is 0 Å². The van der Waals surface area contributed by atoms with Crippen LogP contribution >= 0.6 is 15.9 Å². The van der Waals surface area contributed by atoms with Crippen LogP contribution in [0.1, 0.15) is 66.2 Å². The zero-order valence-electron chi connectivity index (χ0n) is 15.1. The van der Waals surface area contributed by atoms with Gasteiger partial charge in [-0.1, -0.05) is 36.7 Å². The Morgan fingerprint density at radius 1 is 1.13 bits per heavy atom. The summed E-state index contributed by atoms with van der Waals surface area (Å²) in [5.74, 6) is 2.41. The summed E-state index contributed by atoms with van der Waals surface area (Å²) in [5.41, 5.74) is -0.0564. The molecule has 0 aromatic heterocycles. The molecule has 4 aliphatic rings. The Morgan fingerprint density at radius 3 is 2.48 bits per heavy atom. The molecule has 2 bridgehead atoms. The highest BCUT2D eigenvalue weighted by atomic mass is 79.9. The molecule has 0 saturated heterocycles. The second-order valence-electron chi connectivity index (χ2n) is 10.1. The maximum atomic E-state index is 11.3. The number of hydrogen-bond acceptors (Lipinski definition) is 2. The van der Waals surface area contributed by atoms with Gasteiger partial charge < -0.3 is 10.2 Å². The van der Waals surface area contributed by atoms with E-state index in [9.17, 15) is 10.2 Å². The topological polar surface area (TPSA) is 40.5 Å². The van der Waals surface area contributed by atoms with Crippen molar-refractivity contribution in [1.82, 2.24) is 0 Å². The van der Waals surface area contributed by atoms with Crippen LogP contribution in [0.4, 0.5) is 0 Å². The Morgan fingerprint density at radius 2 is 1.83 bits per heavy atom. The van der Waals surface area contributed by atoms with Crippen molar-refractivity contribution in [3.63, 3.8) is 0 Å². The highest BCUT2D eigenvalue weighted by molar-refractivity contribution is 9.09. The molecule has 3 heteroatoms. The van der Waals surface area contributed by atoms with Crippen molar-refractivity contribution in [2.24, 2.45) is 40.4 Å². The second kappa shape index (κ2) is 4.98. The van der Waals surface area contributed by atoms with E-state index in [1.807, 2.05) is 0 Å². The molecule has 4 rings (SSSR count). The van der Waals surface area contributed by atoms with Crippen LogP contribution in [0.25, 0.3) is 0 Å². The van der Waals surface area contributed by atoms with Gasteiger partial charge in [-0.15, -0.1) is 0 Å². The van der Waals surface area contributed by atoms with E-state index in [0.717, 1.165) is 19.3 Å². The molecule has 4 saturated carbocycles. The van der Waals surface area contributed by atoms with Crippen molar-refractivity contribution in [3.05, 3.63) is 0 Å². The van der Waals surface area contributed by atoms with Gasteiger partial charge in [-0.2, -0.15) is 0 Å². The monoisotopic (exact) mass is 384 g/mol. The average Bonchev–Trinajstić information content (AvgIpc) is 2.95. The first-order valence-corrected chi connectivity index (χ1v) is 10.6. The van der Waals surface area contributed by atoms with Crippen molar-refractivity contribution < 1.29 is 10.2 Å². The highest BCUT2D eigenvalue weighted by Crippen LogP contribution is 2.74. The van der Waals surface area contributed by atoms with E-state index in [-0.39, 0.29) is 16.9 Å². The van der Waals surface area contributed by atoms with E-state index in [1.54, 1.807) is 0 Å². The van der Waals surface area contributed by atoms with E-state index in [2.05, 4.69) is 43.6 Å². The fraction of sp³-hybridized carbons (Fsp3) is 1.00. The van der Waals surface area contributed by atoms with Crippen LogP contribution in [-0.4, -0.2) is 26.7 Å². The van der Waals surface area contributed by atoms with Crippen molar-refractivity contribution in [2.75, 3.05) is 0 Å². The number of rotatable bonds is 1. The molecular weight excluding hydrogens is 352 g/mol. The lowest BCUT2D eigenvalue weighted by atomic mass is 9.43. The quantitative estimate of drug-likeness (QED) is 0.658. The van der Waals surface area contributed by atoms with Crippen LogP contribution in [-0.2, 0) is 0 Å². The Kier molecular flexibility index (Phi) is 3.65. The Labute approximate surface area is 149 Å². The predicted octanol–water partition coefficient (Wildman–Crippen LogP) is 4.37. The van der Waals surface area contributed by atoms with Crippen molar-refractivity contribution >= 4 is 15.9 Å². The Balaban J connectivity index is 1.78. The van der Waals surface area contributed by atoms with E-state index in [1.165, 1.54) is 19.3 Å². The standard InChI is InChI=1S/C20H33BrO2/c1-11(2)15-16(22)12-9-13-17-18(3,7-8-20(13,15)10-12)14(21)5-6-19(17,4)23/h11-17,22-23H,5-10H2,1-4H3/t12-,13-,14-,15+,16-,17-,18+,19+,20+/m0/s1. The molecule has 0 amide bonds. The summed E-state index contributed by atoms with van der Waals surface area (Å²) in [6, 6.07) is 0. The fourth-order valence-electron chi connectivity index (χ4n) is 8.06. The number of aliphatic hydroxyl groups is 2. The minimum absolute atomic E-state index is 0.107. The molecule has 0 heterocycles. The van der Waals surface area contributed by atoms with Crippen molar-refractivity contribution in [2.45, 2.75) is 82.8 Å². The number of alkyl halides is 1. The third-order valence-electron chi connectivity index (χ3n) is 8.70. The van der Waals surface area contributed by atoms with Gasteiger partial charge in [-0.25, -0.2) is 0 Å². The lowest BCUT2D eigenvalue weighted by Crippen LogP contribution is -2.63. The smallest absolute Gasteiger partial charge is 0.0656 e. The first-order valence-electron chi connectivity index (χ1n) is 9.68. The summed E-state index contributed by atoms with van der Waals surface area (Å²) in [4.78, 5) is 0.527. The van der Waals surface area contributed by atoms with Crippen LogP contribution in [0.5, 0.6) is 0 Å². The largest absolute Gasteiger partial charge is 0.393 e. The highest BCUT2D eigenvalue weighted by Gasteiger charge is 2.71. The number of aliphatic hydroxyl groups excluding tert-OH is 1. The third kappa shape index (κ3) is 1.99. The summed E-state index contributed by atoms with van der Waals surface area (Å²) < 4.78 is 0. The molecule has 2 N–H and O–H groups in total. The van der Waals surface area contributed by atoms with Gasteiger partial charge in [-0.05, 0) is 85.9 Å². The van der Waals surface area contributed by atoms with Gasteiger partial charge in [-0.3, -0.25) is 0 Å². The lowest BCUT2D eigenvalue weighted by Gasteiger charge is -2.64. The number of fused-ring (bicyclic) bond motifs is 3. The second-order valence-corrected chi connectivity index (χ2v) is 11.3. The summed E-state index contributed by atoms with van der Waals surface area (Å²) in [7, 11) is 0. The van der Waals surface area contributed by atoms with Crippen LogP contribution in [0, 0.1) is 40.4 Å². The number of halogens is 1. The summed E-state index contributed by atoms with van der Waals surface area (Å²) >= 11 is 3.98. The van der Waals surface area contributed by atoms with Gasteiger partial charge in [0.15, 0.2) is 0 Å². The molecule has 0 aromatic rings. The van der Waals surface area contributed by atoms with E-state index >= 15 is 0 Å². The van der Waals surface area contributed by atoms with Gasteiger partial charge in [0.05, 0.1) is 11.7 Å². The van der Waals surface area contributed by atoms with Gasteiger partial charge >= 0.3 is 0 Å². The third-order valence-corrected chi connectivity index (χ3v) is 10.2. The molecule has 0 unspecified atom stereocenters. The van der Waals surface area contributed by atoms with Crippen LogP contribution in [0.2, 0.25) is 0 Å². The summed E-state index contributed by atoms with van der Waals surface area (Å²) in [6.45, 7) is 9.10. The van der Waals surface area contributed by atoms with Crippen molar-refractivity contribution in [1.29, 1.82) is 0 Å².